The van der Waals surface area contributed by atoms with Crippen molar-refractivity contribution in [2.75, 3.05) is 7.05 Å². The number of aromatic hydroxyl groups is 1. The third kappa shape index (κ3) is 4.31. The summed E-state index contributed by atoms with van der Waals surface area (Å²) in [5.74, 6) is 5.98. The largest absolute Gasteiger partial charge is 0.508 e. The summed E-state index contributed by atoms with van der Waals surface area (Å²) in [7, 11) is 1.45. The number of rotatable bonds is 2. The van der Waals surface area contributed by atoms with Crippen LogP contribution < -0.4 is 10.1 Å². The number of allylic oxidation sites excluding steroid dienone is 1. The Hall–Kier alpha value is -3.44. The van der Waals surface area contributed by atoms with Crippen LogP contribution in [0.15, 0.2) is 36.7 Å². The Morgan fingerprint density at radius 2 is 2.24 bits per heavy atom. The lowest BCUT2D eigenvalue weighted by Gasteiger charge is -2.00. The molecule has 3 aromatic rings. The molecule has 2 aromatic heterocycles. The average Bonchev–Trinajstić information content (AvgIpc) is 3.01. The van der Waals surface area contributed by atoms with E-state index in [0.29, 0.717) is 5.69 Å². The lowest BCUT2D eigenvalue weighted by Crippen LogP contribution is -2.22. The summed E-state index contributed by atoms with van der Waals surface area (Å²) in [6.07, 6.45) is 5.57. The molecule has 0 aliphatic heterocycles. The summed E-state index contributed by atoms with van der Waals surface area (Å²) in [4.78, 5) is 23.4. The minimum absolute atomic E-state index is 0.0955. The van der Waals surface area contributed by atoms with Crippen molar-refractivity contribution in [1.29, 1.82) is 0 Å². The van der Waals surface area contributed by atoms with Crippen molar-refractivity contribution < 1.29 is 14.6 Å². The molecule has 0 saturated carbocycles. The van der Waals surface area contributed by atoms with Gasteiger partial charge in [0.2, 0.25) is 5.88 Å². The highest BCUT2D eigenvalue weighted by Gasteiger charge is 2.03. The first-order valence-corrected chi connectivity index (χ1v) is 7.95. The van der Waals surface area contributed by atoms with Crippen LogP contribution in [0.1, 0.15) is 10.7 Å². The Bertz CT molecular complexity index is 1000. The first-order valence-electron chi connectivity index (χ1n) is 7.13. The monoisotopic (exact) mass is 352 g/mol. The van der Waals surface area contributed by atoms with Crippen LogP contribution in [0.3, 0.4) is 0 Å². The molecule has 1 amide bonds. The smallest absolute Gasteiger partial charge is 0.413 e. The summed E-state index contributed by atoms with van der Waals surface area (Å²) in [6, 6.07) is 5.04. The maximum atomic E-state index is 11.0. The van der Waals surface area contributed by atoms with Gasteiger partial charge >= 0.3 is 6.09 Å². The first kappa shape index (κ1) is 16.4. The summed E-state index contributed by atoms with van der Waals surface area (Å²) in [5, 5.41) is 12.6. The zero-order valence-corrected chi connectivity index (χ0v) is 13.9. The van der Waals surface area contributed by atoms with Crippen LogP contribution in [0.5, 0.6) is 11.6 Å². The van der Waals surface area contributed by atoms with Gasteiger partial charge in [0.05, 0.1) is 22.6 Å². The molecular weight excluding hydrogens is 340 g/mol. The molecule has 3 rings (SSSR count). The number of phenolic OH excluding ortho intramolecular Hbond substituents is 1. The molecule has 0 bridgehead atoms. The van der Waals surface area contributed by atoms with Crippen molar-refractivity contribution in [2.45, 2.75) is 0 Å². The van der Waals surface area contributed by atoms with Crippen molar-refractivity contribution in [3.63, 3.8) is 0 Å². The van der Waals surface area contributed by atoms with E-state index >= 15 is 0 Å². The van der Waals surface area contributed by atoms with Crippen molar-refractivity contribution in [2.24, 2.45) is 0 Å². The molecule has 7 nitrogen and oxygen atoms in total. The van der Waals surface area contributed by atoms with Gasteiger partial charge in [0.1, 0.15) is 16.5 Å². The van der Waals surface area contributed by atoms with Crippen LogP contribution in [-0.4, -0.2) is 33.2 Å². The Labute approximate surface area is 147 Å². The fourth-order valence-electron chi connectivity index (χ4n) is 1.81. The zero-order valence-electron chi connectivity index (χ0n) is 13.1. The number of hydrogen-bond donors (Lipinski definition) is 2. The van der Waals surface area contributed by atoms with E-state index < -0.39 is 6.09 Å². The molecule has 0 saturated heterocycles. The number of nitrogens with one attached hydrogen (secondary N) is 1. The molecule has 0 aliphatic rings. The molecule has 1 aromatic carbocycles. The number of aromatic nitrogens is 3. The Balaban J connectivity index is 1.66. The van der Waals surface area contributed by atoms with Crippen molar-refractivity contribution in [1.82, 2.24) is 20.3 Å². The number of thiazole rings is 1. The van der Waals surface area contributed by atoms with E-state index in [-0.39, 0.29) is 11.6 Å². The summed E-state index contributed by atoms with van der Waals surface area (Å²) >= 11 is 1.46. The lowest BCUT2D eigenvalue weighted by molar-refractivity contribution is 0.201. The van der Waals surface area contributed by atoms with Gasteiger partial charge in [0.15, 0.2) is 0 Å². The summed E-state index contributed by atoms with van der Waals surface area (Å²) in [6.45, 7) is 0. The number of hydrogen-bond acceptors (Lipinski definition) is 7. The highest BCUT2D eigenvalue weighted by Crippen LogP contribution is 2.26. The van der Waals surface area contributed by atoms with Gasteiger partial charge in [-0.1, -0.05) is 5.92 Å². The predicted molar refractivity (Wildman–Crippen MR) is 94.3 cm³/mol. The van der Waals surface area contributed by atoms with E-state index in [1.54, 1.807) is 30.4 Å². The molecule has 8 heteroatoms. The molecule has 2 heterocycles. The van der Waals surface area contributed by atoms with Gasteiger partial charge in [0, 0.05) is 7.05 Å². The van der Waals surface area contributed by atoms with Gasteiger partial charge in [-0.3, -0.25) is 0 Å². The van der Waals surface area contributed by atoms with Gasteiger partial charge in [-0.15, -0.1) is 11.3 Å². The Kier molecular flexibility index (Phi) is 4.87. The first-order chi connectivity index (χ1) is 12.1. The fourth-order valence-corrected chi connectivity index (χ4v) is 2.71. The Morgan fingerprint density at radius 1 is 1.36 bits per heavy atom. The number of carbonyl (C=O) groups is 1. The van der Waals surface area contributed by atoms with Gasteiger partial charge in [0.25, 0.3) is 0 Å². The molecule has 0 radical (unpaired) electrons. The second-order valence-corrected chi connectivity index (χ2v) is 5.75. The quantitative estimate of drug-likeness (QED) is 0.688. The van der Waals surface area contributed by atoms with Gasteiger partial charge in [-0.25, -0.2) is 19.7 Å². The summed E-state index contributed by atoms with van der Waals surface area (Å²) < 4.78 is 5.74. The molecule has 0 atom stereocenters. The van der Waals surface area contributed by atoms with Crippen molar-refractivity contribution >= 4 is 33.7 Å². The predicted octanol–water partition coefficient (Wildman–Crippen LogP) is 2.58. The van der Waals surface area contributed by atoms with Crippen LogP contribution >= 0.6 is 11.3 Å². The number of nitrogens with zero attached hydrogens (tertiary/aromatic N) is 3. The molecule has 2 N–H and O–H groups in total. The summed E-state index contributed by atoms with van der Waals surface area (Å²) in [5.41, 5.74) is 1.27. The highest BCUT2D eigenvalue weighted by molar-refractivity contribution is 7.19. The molecule has 25 heavy (non-hydrogen) atoms. The Morgan fingerprint density at radius 3 is 3.00 bits per heavy atom. The fraction of sp³-hybridized carbons (Fsp3) is 0.0588. The van der Waals surface area contributed by atoms with E-state index in [1.807, 2.05) is 0 Å². The number of ether oxygens (including phenoxy) is 1. The standard InChI is InChI=1S/C17H12N4O3S/c1-18-17(23)24-15-10-19-11(9-20-15)4-2-3-5-16-21-13-7-6-12(22)8-14(13)25-16/h3,5-10,22H,1H3,(H,18,23). The number of benzene rings is 1. The topological polar surface area (TPSA) is 97.2 Å². The van der Waals surface area contributed by atoms with Crippen LogP contribution in [0.25, 0.3) is 16.3 Å². The molecule has 0 aliphatic carbocycles. The van der Waals surface area contributed by atoms with E-state index in [0.717, 1.165) is 15.2 Å². The van der Waals surface area contributed by atoms with Crippen LogP contribution in [0, 0.1) is 11.8 Å². The second-order valence-electron chi connectivity index (χ2n) is 4.69. The van der Waals surface area contributed by atoms with Crippen molar-refractivity contribution in [3.05, 3.63) is 47.4 Å². The average molecular weight is 352 g/mol. The number of carbonyl (C=O) groups excluding carboxylic acids is 1. The minimum atomic E-state index is -0.611. The van der Waals surface area contributed by atoms with Crippen LogP contribution in [-0.2, 0) is 0 Å². The molecule has 124 valence electrons. The van der Waals surface area contributed by atoms with Crippen molar-refractivity contribution in [3.8, 4) is 23.5 Å². The minimum Gasteiger partial charge on any atom is -0.508 e. The maximum Gasteiger partial charge on any atom is 0.413 e. The number of amides is 1. The normalized spacial score (nSPS) is 10.4. The molecule has 0 spiro atoms. The van der Waals surface area contributed by atoms with E-state index in [9.17, 15) is 9.90 Å². The maximum absolute atomic E-state index is 11.0. The van der Waals surface area contributed by atoms with Gasteiger partial charge < -0.3 is 15.2 Å². The molecule has 0 fully saturated rings. The number of fused-ring (bicyclic) bond motifs is 1. The van der Waals surface area contributed by atoms with Crippen LogP contribution in [0.2, 0.25) is 0 Å². The van der Waals surface area contributed by atoms with E-state index in [2.05, 4.69) is 32.1 Å². The SMILES string of the molecule is CNC(=O)Oc1cnc(C#CC=Cc2nc3ccc(O)cc3s2)cn1. The van der Waals surface area contributed by atoms with Gasteiger partial charge in [-0.05, 0) is 36.3 Å². The zero-order chi connectivity index (χ0) is 17.6. The van der Waals surface area contributed by atoms with E-state index in [1.165, 1.54) is 30.8 Å². The third-order valence-electron chi connectivity index (χ3n) is 2.93. The highest BCUT2D eigenvalue weighted by atomic mass is 32.1. The molecule has 0 unspecified atom stereocenters. The van der Waals surface area contributed by atoms with Gasteiger partial charge in [-0.2, -0.15) is 0 Å². The number of phenols is 1. The molecular formula is C17H12N4O3S. The third-order valence-corrected chi connectivity index (χ3v) is 3.91. The second kappa shape index (κ2) is 7.42. The van der Waals surface area contributed by atoms with Crippen LogP contribution in [0.4, 0.5) is 4.79 Å². The van der Waals surface area contributed by atoms with E-state index in [4.69, 9.17) is 4.74 Å². The lowest BCUT2D eigenvalue weighted by atomic mass is 10.3.